The highest BCUT2D eigenvalue weighted by atomic mass is 32.1. The Kier molecular flexibility index (Phi) is 2.94. The lowest BCUT2D eigenvalue weighted by Crippen LogP contribution is -2.45. The van der Waals surface area contributed by atoms with Crippen molar-refractivity contribution in [2.75, 3.05) is 0 Å². The van der Waals surface area contributed by atoms with Crippen LogP contribution in [-0.4, -0.2) is 15.2 Å². The number of ketones is 1. The zero-order chi connectivity index (χ0) is 14.4. The van der Waals surface area contributed by atoms with E-state index >= 15 is 0 Å². The third-order valence-corrected chi connectivity index (χ3v) is 5.07. The van der Waals surface area contributed by atoms with Crippen LogP contribution >= 0.6 is 11.3 Å². The van der Waals surface area contributed by atoms with E-state index in [-0.39, 0.29) is 5.78 Å². The minimum Gasteiger partial charge on any atom is -0.297 e. The molecular weight excluding hydrogens is 270 g/mol. The van der Waals surface area contributed by atoms with Crippen molar-refractivity contribution in [1.29, 1.82) is 5.26 Å². The van der Waals surface area contributed by atoms with E-state index < -0.39 is 10.8 Å². The maximum atomic E-state index is 12.7. The maximum absolute atomic E-state index is 12.7. The second-order valence-corrected chi connectivity index (χ2v) is 7.14. The molecule has 2 heterocycles. The highest BCUT2D eigenvalue weighted by Gasteiger charge is 2.49. The first-order chi connectivity index (χ1) is 9.47. The highest BCUT2D eigenvalue weighted by molar-refractivity contribution is 7.15. The third-order valence-electron chi connectivity index (χ3n) is 4.29. The summed E-state index contributed by atoms with van der Waals surface area (Å²) in [5.41, 5.74) is -0.457. The largest absolute Gasteiger partial charge is 0.297 e. The lowest BCUT2D eigenvalue weighted by molar-refractivity contribution is -0.138. The molecule has 1 aliphatic rings. The molecule has 0 spiro atoms. The van der Waals surface area contributed by atoms with Crippen molar-refractivity contribution < 1.29 is 4.79 Å². The molecule has 5 heteroatoms. The Balaban J connectivity index is 1.95. The molecule has 2 aromatic rings. The molecule has 104 valence electrons. The van der Waals surface area contributed by atoms with Gasteiger partial charge in [0.15, 0.2) is 10.7 Å². The molecule has 3 rings (SSSR count). The average molecular weight is 287 g/mol. The molecule has 0 aliphatic heterocycles. The summed E-state index contributed by atoms with van der Waals surface area (Å²) in [5.74, 6) is 0.0788. The Morgan fingerprint density at radius 2 is 2.30 bits per heavy atom. The van der Waals surface area contributed by atoms with Gasteiger partial charge >= 0.3 is 0 Å². The number of aromatic nitrogens is 2. The fourth-order valence-corrected chi connectivity index (χ4v) is 3.91. The summed E-state index contributed by atoms with van der Waals surface area (Å²) < 4.78 is 1.95. The predicted octanol–water partition coefficient (Wildman–Crippen LogP) is 3.23. The molecule has 0 radical (unpaired) electrons. The summed E-state index contributed by atoms with van der Waals surface area (Å²) in [7, 11) is 0. The van der Waals surface area contributed by atoms with Gasteiger partial charge in [-0.05, 0) is 12.8 Å². The number of fused-ring (bicyclic) bond motifs is 1. The molecule has 1 unspecified atom stereocenters. The molecule has 1 fully saturated rings. The van der Waals surface area contributed by atoms with Crippen LogP contribution in [0.2, 0.25) is 0 Å². The van der Waals surface area contributed by atoms with Gasteiger partial charge in [-0.25, -0.2) is 4.98 Å². The number of carbonyl (C=O) groups is 1. The van der Waals surface area contributed by atoms with Gasteiger partial charge in [0.1, 0.15) is 5.41 Å². The van der Waals surface area contributed by atoms with E-state index in [0.717, 1.165) is 23.5 Å². The van der Waals surface area contributed by atoms with Crippen LogP contribution in [0.25, 0.3) is 4.96 Å². The van der Waals surface area contributed by atoms with E-state index in [4.69, 9.17) is 0 Å². The molecule has 2 aromatic heterocycles. The van der Waals surface area contributed by atoms with Crippen molar-refractivity contribution in [2.24, 2.45) is 10.8 Å². The number of thiazole rings is 1. The van der Waals surface area contributed by atoms with Crippen LogP contribution in [0.5, 0.6) is 0 Å². The Labute approximate surface area is 122 Å². The molecule has 1 saturated carbocycles. The van der Waals surface area contributed by atoms with Crippen molar-refractivity contribution in [3.63, 3.8) is 0 Å². The summed E-state index contributed by atoms with van der Waals surface area (Å²) >= 11 is 1.56. The average Bonchev–Trinajstić information content (AvgIpc) is 2.96. The molecule has 0 amide bonds. The molecule has 0 aromatic carbocycles. The Bertz CT molecular complexity index is 678. The number of rotatable bonds is 2. The summed E-state index contributed by atoms with van der Waals surface area (Å²) in [5, 5.41) is 11.6. The normalized spacial score (nSPS) is 25.8. The van der Waals surface area contributed by atoms with Gasteiger partial charge < -0.3 is 0 Å². The van der Waals surface area contributed by atoms with Gasteiger partial charge in [-0.1, -0.05) is 20.3 Å². The lowest BCUT2D eigenvalue weighted by atomic mass is 9.61. The minimum absolute atomic E-state index is 0.0788. The molecule has 20 heavy (non-hydrogen) atoms. The zero-order valence-electron chi connectivity index (χ0n) is 11.7. The smallest absolute Gasteiger partial charge is 0.193 e. The molecule has 0 saturated heterocycles. The SMILES string of the molecule is CC1(C)CCCC(C#N)(Cc2cn3ccsc3n2)C1=O. The van der Waals surface area contributed by atoms with Gasteiger partial charge in [0.25, 0.3) is 0 Å². The number of nitrogens with zero attached hydrogens (tertiary/aromatic N) is 3. The Morgan fingerprint density at radius 3 is 3.00 bits per heavy atom. The number of Topliss-reactive ketones (excluding diaryl/α,β-unsaturated/α-hetero) is 1. The van der Waals surface area contributed by atoms with E-state index in [2.05, 4.69) is 11.1 Å². The van der Waals surface area contributed by atoms with Gasteiger partial charge in [0, 0.05) is 29.6 Å². The standard InChI is InChI=1S/C15H17N3OS/c1-14(2)4-3-5-15(10-16,12(14)19)8-11-9-18-6-7-20-13(18)17-11/h6-7,9H,3-5,8H2,1-2H3. The van der Waals surface area contributed by atoms with Gasteiger partial charge in [0.2, 0.25) is 0 Å². The second kappa shape index (κ2) is 4.42. The van der Waals surface area contributed by atoms with E-state index in [9.17, 15) is 10.1 Å². The minimum atomic E-state index is -0.897. The molecular formula is C15H17N3OS. The molecule has 0 bridgehead atoms. The van der Waals surface area contributed by atoms with E-state index in [1.807, 2.05) is 36.0 Å². The summed E-state index contributed by atoms with van der Waals surface area (Å²) in [4.78, 5) is 18.1. The molecule has 4 nitrogen and oxygen atoms in total. The van der Waals surface area contributed by atoms with Crippen molar-refractivity contribution in [3.8, 4) is 6.07 Å². The van der Waals surface area contributed by atoms with Gasteiger partial charge in [-0.3, -0.25) is 9.20 Å². The van der Waals surface area contributed by atoms with E-state index in [0.29, 0.717) is 12.8 Å². The van der Waals surface area contributed by atoms with Crippen LogP contribution in [0.3, 0.4) is 0 Å². The fourth-order valence-electron chi connectivity index (χ4n) is 3.19. The first-order valence-corrected chi connectivity index (χ1v) is 7.72. The van der Waals surface area contributed by atoms with Gasteiger partial charge in [-0.15, -0.1) is 11.3 Å². The van der Waals surface area contributed by atoms with Gasteiger partial charge in [0.05, 0.1) is 11.8 Å². The van der Waals surface area contributed by atoms with E-state index in [1.165, 1.54) is 0 Å². The second-order valence-electron chi connectivity index (χ2n) is 6.26. The number of hydrogen-bond acceptors (Lipinski definition) is 4. The number of hydrogen-bond donors (Lipinski definition) is 0. The zero-order valence-corrected chi connectivity index (χ0v) is 12.5. The van der Waals surface area contributed by atoms with Crippen molar-refractivity contribution in [2.45, 2.75) is 39.5 Å². The highest BCUT2D eigenvalue weighted by Crippen LogP contribution is 2.44. The summed E-state index contributed by atoms with van der Waals surface area (Å²) in [6, 6.07) is 2.31. The number of nitriles is 1. The van der Waals surface area contributed by atoms with Crippen LogP contribution in [-0.2, 0) is 11.2 Å². The van der Waals surface area contributed by atoms with Crippen LogP contribution in [0.1, 0.15) is 38.8 Å². The summed E-state index contributed by atoms with van der Waals surface area (Å²) in [6.07, 6.45) is 6.75. The quantitative estimate of drug-likeness (QED) is 0.852. The third kappa shape index (κ3) is 1.95. The number of carbonyl (C=O) groups excluding carboxylic acids is 1. The molecule has 0 N–H and O–H groups in total. The molecule has 1 aliphatic carbocycles. The van der Waals surface area contributed by atoms with Crippen molar-refractivity contribution >= 4 is 22.1 Å². The van der Waals surface area contributed by atoms with Crippen molar-refractivity contribution in [1.82, 2.24) is 9.38 Å². The fraction of sp³-hybridized carbons (Fsp3) is 0.533. The van der Waals surface area contributed by atoms with E-state index in [1.54, 1.807) is 11.3 Å². The topological polar surface area (TPSA) is 58.2 Å². The number of imidazole rings is 1. The Hall–Kier alpha value is -1.67. The van der Waals surface area contributed by atoms with Crippen LogP contribution in [0.4, 0.5) is 0 Å². The first kappa shape index (κ1) is 13.3. The van der Waals surface area contributed by atoms with Gasteiger partial charge in [-0.2, -0.15) is 5.26 Å². The summed E-state index contributed by atoms with van der Waals surface area (Å²) in [6.45, 7) is 3.90. The van der Waals surface area contributed by atoms with Crippen LogP contribution < -0.4 is 0 Å². The van der Waals surface area contributed by atoms with Crippen LogP contribution in [0.15, 0.2) is 17.8 Å². The first-order valence-electron chi connectivity index (χ1n) is 6.84. The Morgan fingerprint density at radius 1 is 1.50 bits per heavy atom. The lowest BCUT2D eigenvalue weighted by Gasteiger charge is -2.38. The maximum Gasteiger partial charge on any atom is 0.193 e. The molecule has 1 atom stereocenters. The van der Waals surface area contributed by atoms with Crippen molar-refractivity contribution in [3.05, 3.63) is 23.5 Å². The van der Waals surface area contributed by atoms with Crippen LogP contribution in [0, 0.1) is 22.2 Å². The monoisotopic (exact) mass is 287 g/mol. The predicted molar refractivity (Wildman–Crippen MR) is 77.5 cm³/mol.